The van der Waals surface area contributed by atoms with Crippen molar-refractivity contribution in [1.29, 1.82) is 0 Å². The minimum Gasteiger partial charge on any atom is -0.489 e. The summed E-state index contributed by atoms with van der Waals surface area (Å²) in [6, 6.07) is 7.57. The maximum atomic E-state index is 12.2. The molecular weight excluding hydrogens is 328 g/mol. The molecule has 0 bridgehead atoms. The number of nitrogens with one attached hydrogen (secondary N) is 2. The molecule has 1 heterocycles. The van der Waals surface area contributed by atoms with Crippen molar-refractivity contribution in [2.45, 2.75) is 51.0 Å². The molecule has 1 aromatic carbocycles. The first-order valence-electron chi connectivity index (χ1n) is 9.83. The van der Waals surface area contributed by atoms with E-state index in [1.165, 1.54) is 31.3 Å². The Morgan fingerprint density at radius 2 is 2.15 bits per heavy atom. The van der Waals surface area contributed by atoms with Crippen LogP contribution in [0.3, 0.4) is 0 Å². The topological polar surface area (TPSA) is 59.6 Å². The van der Waals surface area contributed by atoms with Crippen LogP contribution in [-0.4, -0.2) is 38.3 Å². The molecule has 1 aromatic rings. The van der Waals surface area contributed by atoms with E-state index in [-0.39, 0.29) is 12.0 Å². The fourth-order valence-electron chi connectivity index (χ4n) is 3.43. The number of allylic oxidation sites excluding steroid dienone is 1. The summed E-state index contributed by atoms with van der Waals surface area (Å²) in [6.07, 6.45) is 10.7. The van der Waals surface area contributed by atoms with Crippen LogP contribution in [0.4, 0.5) is 5.69 Å². The van der Waals surface area contributed by atoms with E-state index in [2.05, 4.69) is 16.7 Å². The lowest BCUT2D eigenvalue weighted by Crippen LogP contribution is -2.29. The molecule has 3 rings (SSSR count). The molecule has 142 valence electrons. The van der Waals surface area contributed by atoms with Crippen LogP contribution in [0.25, 0.3) is 0 Å². The number of carbonyl (C=O) groups excluding carboxylic acids is 1. The summed E-state index contributed by atoms with van der Waals surface area (Å²) in [5.74, 6) is 0.652. The standard InChI is InChI=1S/C21H30N2O3/c24-21(15-22-13-12-17-7-2-1-3-8-17)23-19-10-4-5-11-20(19)26-16-18-9-6-14-25-18/h4-5,7,10-11,18,22H,1-3,6,8-9,12-16H2,(H,23,24). The van der Waals surface area contributed by atoms with Crippen LogP contribution >= 0.6 is 0 Å². The summed E-state index contributed by atoms with van der Waals surface area (Å²) in [5.41, 5.74) is 2.24. The third-order valence-electron chi connectivity index (χ3n) is 4.90. The number of anilines is 1. The Balaban J connectivity index is 1.39. The van der Waals surface area contributed by atoms with Gasteiger partial charge in [0.05, 0.1) is 18.3 Å². The highest BCUT2D eigenvalue weighted by molar-refractivity contribution is 5.93. The van der Waals surface area contributed by atoms with Crippen LogP contribution in [0.2, 0.25) is 0 Å². The molecule has 2 N–H and O–H groups in total. The van der Waals surface area contributed by atoms with Crippen molar-refractivity contribution in [3.05, 3.63) is 35.9 Å². The van der Waals surface area contributed by atoms with E-state index in [9.17, 15) is 4.79 Å². The summed E-state index contributed by atoms with van der Waals surface area (Å²) >= 11 is 0. The molecule has 0 aromatic heterocycles. The average molecular weight is 358 g/mol. The first-order chi connectivity index (χ1) is 12.8. The quantitative estimate of drug-likeness (QED) is 0.522. The zero-order chi connectivity index (χ0) is 18.0. The van der Waals surface area contributed by atoms with Crippen LogP contribution in [0.1, 0.15) is 44.9 Å². The highest BCUT2D eigenvalue weighted by Gasteiger charge is 2.17. The zero-order valence-corrected chi connectivity index (χ0v) is 15.5. The largest absolute Gasteiger partial charge is 0.489 e. The van der Waals surface area contributed by atoms with Gasteiger partial charge in [-0.25, -0.2) is 0 Å². The van der Waals surface area contributed by atoms with Gasteiger partial charge in [0.1, 0.15) is 12.4 Å². The number of hydrogen-bond acceptors (Lipinski definition) is 4. The molecule has 1 fully saturated rings. The van der Waals surface area contributed by atoms with Crippen LogP contribution in [0.5, 0.6) is 5.75 Å². The molecule has 0 saturated carbocycles. The Morgan fingerprint density at radius 1 is 1.23 bits per heavy atom. The zero-order valence-electron chi connectivity index (χ0n) is 15.5. The SMILES string of the molecule is O=C(CNCCC1=CCCCC1)Nc1ccccc1OCC1CCCO1. The van der Waals surface area contributed by atoms with E-state index in [0.29, 0.717) is 24.6 Å². The summed E-state index contributed by atoms with van der Waals surface area (Å²) in [6.45, 7) is 2.50. The lowest BCUT2D eigenvalue weighted by atomic mass is 9.97. The number of ether oxygens (including phenoxy) is 2. The highest BCUT2D eigenvalue weighted by Crippen LogP contribution is 2.25. The fourth-order valence-corrected chi connectivity index (χ4v) is 3.43. The molecule has 0 spiro atoms. The Morgan fingerprint density at radius 3 is 2.96 bits per heavy atom. The van der Waals surface area contributed by atoms with Gasteiger partial charge in [0.2, 0.25) is 5.91 Å². The molecule has 1 aliphatic heterocycles. The number of amides is 1. The van der Waals surface area contributed by atoms with Gasteiger partial charge in [-0.05, 0) is 63.6 Å². The van der Waals surface area contributed by atoms with Gasteiger partial charge in [0.25, 0.3) is 0 Å². The molecule has 0 radical (unpaired) electrons. The van der Waals surface area contributed by atoms with Gasteiger partial charge in [-0.3, -0.25) is 4.79 Å². The molecular formula is C21H30N2O3. The molecule has 5 heteroatoms. The minimum atomic E-state index is -0.0456. The van der Waals surface area contributed by atoms with Crippen molar-refractivity contribution in [3.8, 4) is 5.75 Å². The minimum absolute atomic E-state index is 0.0456. The third kappa shape index (κ3) is 6.15. The summed E-state index contributed by atoms with van der Waals surface area (Å²) in [7, 11) is 0. The molecule has 5 nitrogen and oxygen atoms in total. The van der Waals surface area contributed by atoms with Crippen molar-refractivity contribution in [2.24, 2.45) is 0 Å². The Labute approximate surface area is 156 Å². The van der Waals surface area contributed by atoms with Crippen molar-refractivity contribution in [1.82, 2.24) is 5.32 Å². The summed E-state index contributed by atoms with van der Waals surface area (Å²) in [5, 5.41) is 6.18. The monoisotopic (exact) mass is 358 g/mol. The van der Waals surface area contributed by atoms with Gasteiger partial charge in [-0.2, -0.15) is 0 Å². The first-order valence-corrected chi connectivity index (χ1v) is 9.83. The van der Waals surface area contributed by atoms with Crippen LogP contribution in [0, 0.1) is 0 Å². The van der Waals surface area contributed by atoms with E-state index in [1.807, 2.05) is 24.3 Å². The fraction of sp³-hybridized carbons (Fsp3) is 0.571. The average Bonchev–Trinajstić information content (AvgIpc) is 3.19. The molecule has 2 aliphatic rings. The Hall–Kier alpha value is -1.85. The van der Waals surface area contributed by atoms with Crippen LogP contribution in [-0.2, 0) is 9.53 Å². The number of rotatable bonds is 9. The van der Waals surface area contributed by atoms with E-state index in [0.717, 1.165) is 32.4 Å². The molecule has 1 amide bonds. The Kier molecular flexibility index (Phi) is 7.52. The van der Waals surface area contributed by atoms with E-state index in [1.54, 1.807) is 0 Å². The predicted octanol–water partition coefficient (Wildman–Crippen LogP) is 3.66. The second kappa shape index (κ2) is 10.3. The Bertz CT molecular complexity index is 609. The van der Waals surface area contributed by atoms with Gasteiger partial charge in [0, 0.05) is 6.61 Å². The van der Waals surface area contributed by atoms with E-state index in [4.69, 9.17) is 9.47 Å². The lowest BCUT2D eigenvalue weighted by molar-refractivity contribution is -0.115. The molecule has 26 heavy (non-hydrogen) atoms. The van der Waals surface area contributed by atoms with Crippen LogP contribution in [0.15, 0.2) is 35.9 Å². The number of para-hydroxylation sites is 2. The van der Waals surface area contributed by atoms with Gasteiger partial charge >= 0.3 is 0 Å². The normalized spacial score (nSPS) is 19.8. The summed E-state index contributed by atoms with van der Waals surface area (Å²) < 4.78 is 11.4. The smallest absolute Gasteiger partial charge is 0.238 e. The maximum absolute atomic E-state index is 12.2. The van der Waals surface area contributed by atoms with Gasteiger partial charge in [0.15, 0.2) is 0 Å². The maximum Gasteiger partial charge on any atom is 0.238 e. The molecule has 1 saturated heterocycles. The highest BCUT2D eigenvalue weighted by atomic mass is 16.5. The second-order valence-corrected chi connectivity index (χ2v) is 7.03. The third-order valence-corrected chi connectivity index (χ3v) is 4.90. The van der Waals surface area contributed by atoms with Gasteiger partial charge in [-0.15, -0.1) is 0 Å². The van der Waals surface area contributed by atoms with Gasteiger partial charge < -0.3 is 20.1 Å². The van der Waals surface area contributed by atoms with E-state index < -0.39 is 0 Å². The molecule has 1 atom stereocenters. The van der Waals surface area contributed by atoms with E-state index >= 15 is 0 Å². The number of benzene rings is 1. The van der Waals surface area contributed by atoms with Crippen molar-refractivity contribution in [3.63, 3.8) is 0 Å². The first kappa shape index (κ1) is 18.9. The van der Waals surface area contributed by atoms with Gasteiger partial charge in [-0.1, -0.05) is 23.8 Å². The van der Waals surface area contributed by atoms with Crippen molar-refractivity contribution >= 4 is 11.6 Å². The second-order valence-electron chi connectivity index (χ2n) is 7.03. The van der Waals surface area contributed by atoms with Crippen molar-refractivity contribution in [2.75, 3.05) is 31.6 Å². The number of hydrogen-bond donors (Lipinski definition) is 2. The molecule has 1 aliphatic carbocycles. The lowest BCUT2D eigenvalue weighted by Gasteiger charge is -2.15. The van der Waals surface area contributed by atoms with Crippen molar-refractivity contribution < 1.29 is 14.3 Å². The predicted molar refractivity (Wildman–Crippen MR) is 104 cm³/mol. The number of carbonyl (C=O) groups is 1. The van der Waals surface area contributed by atoms with Crippen LogP contribution < -0.4 is 15.4 Å². The summed E-state index contributed by atoms with van der Waals surface area (Å²) in [4.78, 5) is 12.2. The molecule has 1 unspecified atom stereocenters.